The molecule has 1 aromatic heterocycles. The number of para-hydroxylation sites is 2. The van der Waals surface area contributed by atoms with E-state index in [1.807, 2.05) is 92.9 Å². The van der Waals surface area contributed by atoms with Crippen molar-refractivity contribution in [2.24, 2.45) is 5.10 Å². The van der Waals surface area contributed by atoms with Crippen molar-refractivity contribution < 1.29 is 13.2 Å². The summed E-state index contributed by atoms with van der Waals surface area (Å²) in [7, 11) is -3.73. The Kier molecular flexibility index (Phi) is 10.6. The number of carbonyl (C=O) groups is 1. The fraction of sp³-hybridized carbons (Fsp3) is 0.205. The molecule has 8 nitrogen and oxygen atoms in total. The first-order valence-corrected chi connectivity index (χ1v) is 18.8. The molecule has 1 aliphatic rings. The van der Waals surface area contributed by atoms with Crippen LogP contribution in [0.5, 0.6) is 0 Å². The maximum atomic E-state index is 14.1. The van der Waals surface area contributed by atoms with Crippen LogP contribution in [0.1, 0.15) is 37.8 Å². The van der Waals surface area contributed by atoms with E-state index in [9.17, 15) is 13.2 Å². The molecule has 0 saturated carbocycles. The highest BCUT2D eigenvalue weighted by atomic mass is 32.2. The first-order valence-electron chi connectivity index (χ1n) is 16.4. The third-order valence-electron chi connectivity index (χ3n) is 8.11. The van der Waals surface area contributed by atoms with E-state index in [0.717, 1.165) is 23.4 Å². The molecule has 0 unspecified atom stereocenters. The van der Waals surface area contributed by atoms with Crippen LogP contribution in [-0.4, -0.2) is 53.0 Å². The second-order valence-corrected chi connectivity index (χ2v) is 14.8. The molecule has 1 aliphatic heterocycles. The number of aryl methyl sites for hydroxylation is 1. The maximum absolute atomic E-state index is 14.1. The van der Waals surface area contributed by atoms with Crippen LogP contribution in [0.25, 0.3) is 23.0 Å². The number of nitrogens with zero attached hydrogens (tertiary/aromatic N) is 5. The average molecular weight is 690 g/mol. The summed E-state index contributed by atoms with van der Waals surface area (Å²) in [5.41, 5.74) is 5.65. The second-order valence-electron chi connectivity index (χ2n) is 11.8. The van der Waals surface area contributed by atoms with E-state index in [1.54, 1.807) is 38.9 Å². The minimum atomic E-state index is -3.73. The van der Waals surface area contributed by atoms with Gasteiger partial charge in [-0.2, -0.15) is 19.5 Å². The number of thioether (sulfide) groups is 1. The number of amides is 1. The molecule has 250 valence electrons. The molecule has 0 N–H and O–H groups in total. The van der Waals surface area contributed by atoms with Gasteiger partial charge in [-0.3, -0.25) is 4.79 Å². The predicted octanol–water partition coefficient (Wildman–Crippen LogP) is 8.24. The van der Waals surface area contributed by atoms with Crippen LogP contribution in [0.3, 0.4) is 0 Å². The zero-order chi connectivity index (χ0) is 34.4. The molecule has 4 aromatic carbocycles. The Morgan fingerprint density at radius 2 is 1.47 bits per heavy atom. The maximum Gasteiger partial charge on any atom is 0.280 e. The molecule has 49 heavy (non-hydrogen) atoms. The van der Waals surface area contributed by atoms with Crippen molar-refractivity contribution in [2.45, 2.75) is 43.4 Å². The molecule has 0 aliphatic carbocycles. The molecule has 0 spiro atoms. The Morgan fingerprint density at radius 3 is 2.12 bits per heavy atom. The molecule has 6 rings (SSSR count). The van der Waals surface area contributed by atoms with E-state index < -0.39 is 10.0 Å². The monoisotopic (exact) mass is 689 g/mol. The Balaban J connectivity index is 1.45. The summed E-state index contributed by atoms with van der Waals surface area (Å²) in [5.74, 6) is 0.236. The molecule has 1 amide bonds. The van der Waals surface area contributed by atoms with Crippen LogP contribution in [0.2, 0.25) is 0 Å². The topological polar surface area (TPSA) is 87.9 Å². The second kappa shape index (κ2) is 15.2. The predicted molar refractivity (Wildman–Crippen MR) is 200 cm³/mol. The molecule has 10 heteroatoms. The Hall–Kier alpha value is -4.77. The van der Waals surface area contributed by atoms with Crippen molar-refractivity contribution in [2.75, 3.05) is 23.9 Å². The standard InChI is InChI=1S/C39H39N5O3S2/c1-4-23-42(24-5-2)49(46,47)35-18-12-13-30(25-35)38-31(27-43(41-38)32-14-8-6-9-15-32)26-36-37(28-48-34-21-19-29(3)20-22-34)40-44(39(36)45)33-16-10-7-11-17-33/h6-22,25-27H,4-5,23-24,28H2,1-3H3/b36-26-. The van der Waals surface area contributed by atoms with Crippen molar-refractivity contribution in [3.63, 3.8) is 0 Å². The lowest BCUT2D eigenvalue weighted by molar-refractivity contribution is -0.114. The lowest BCUT2D eigenvalue weighted by Crippen LogP contribution is -2.32. The number of hydrogen-bond donors (Lipinski definition) is 0. The van der Waals surface area contributed by atoms with Crippen LogP contribution < -0.4 is 5.01 Å². The molecule has 0 atom stereocenters. The Bertz CT molecular complexity index is 2090. The van der Waals surface area contributed by atoms with E-state index in [4.69, 9.17) is 10.2 Å². The lowest BCUT2D eigenvalue weighted by Gasteiger charge is -2.21. The highest BCUT2D eigenvalue weighted by Gasteiger charge is 2.32. The van der Waals surface area contributed by atoms with Crippen LogP contribution in [0, 0.1) is 6.92 Å². The van der Waals surface area contributed by atoms with Gasteiger partial charge in [-0.15, -0.1) is 11.8 Å². The van der Waals surface area contributed by atoms with Gasteiger partial charge in [0.25, 0.3) is 5.91 Å². The van der Waals surface area contributed by atoms with Gasteiger partial charge in [0.15, 0.2) is 0 Å². The number of sulfonamides is 1. The van der Waals surface area contributed by atoms with Crippen molar-refractivity contribution in [1.82, 2.24) is 14.1 Å². The van der Waals surface area contributed by atoms with Gasteiger partial charge in [-0.25, -0.2) is 13.1 Å². The number of rotatable bonds is 13. The fourth-order valence-electron chi connectivity index (χ4n) is 5.63. The highest BCUT2D eigenvalue weighted by Crippen LogP contribution is 2.32. The number of aromatic nitrogens is 2. The molecule has 5 aromatic rings. The zero-order valence-corrected chi connectivity index (χ0v) is 29.5. The normalized spacial score (nSPS) is 14.2. The number of benzene rings is 4. The van der Waals surface area contributed by atoms with Crippen molar-refractivity contribution in [3.05, 3.63) is 132 Å². The van der Waals surface area contributed by atoms with Crippen LogP contribution >= 0.6 is 11.8 Å². The van der Waals surface area contributed by atoms with Gasteiger partial charge in [0, 0.05) is 41.1 Å². The van der Waals surface area contributed by atoms with Gasteiger partial charge >= 0.3 is 0 Å². The van der Waals surface area contributed by atoms with Gasteiger partial charge in [-0.05, 0) is 74.4 Å². The Morgan fingerprint density at radius 1 is 0.816 bits per heavy atom. The van der Waals surface area contributed by atoms with Crippen molar-refractivity contribution in [3.8, 4) is 16.9 Å². The van der Waals surface area contributed by atoms with E-state index in [1.165, 1.54) is 10.6 Å². The summed E-state index contributed by atoms with van der Waals surface area (Å²) in [4.78, 5) is 15.4. The molecule has 0 fully saturated rings. The Labute approximate surface area is 292 Å². The number of carbonyl (C=O) groups excluding carboxylic acids is 1. The summed E-state index contributed by atoms with van der Waals surface area (Å²) in [6.45, 7) is 6.90. The van der Waals surface area contributed by atoms with Crippen LogP contribution in [-0.2, 0) is 14.8 Å². The third kappa shape index (κ3) is 7.62. The van der Waals surface area contributed by atoms with Gasteiger partial charge < -0.3 is 0 Å². The van der Waals surface area contributed by atoms with E-state index in [0.29, 0.717) is 52.6 Å². The fourth-order valence-corrected chi connectivity index (χ4v) is 8.14. The summed E-state index contributed by atoms with van der Waals surface area (Å²) in [5, 5.41) is 11.2. The van der Waals surface area contributed by atoms with Gasteiger partial charge in [0.2, 0.25) is 10.0 Å². The molecular formula is C39H39N5O3S2. The van der Waals surface area contributed by atoms with E-state index in [-0.39, 0.29) is 10.8 Å². The number of hydrazone groups is 1. The molecule has 0 bridgehead atoms. The van der Waals surface area contributed by atoms with Crippen molar-refractivity contribution >= 4 is 45.2 Å². The third-order valence-corrected chi connectivity index (χ3v) is 11.0. The average Bonchev–Trinajstić information content (AvgIpc) is 3.69. The number of hydrogen-bond acceptors (Lipinski definition) is 6. The van der Waals surface area contributed by atoms with Crippen LogP contribution in [0.4, 0.5) is 5.69 Å². The number of anilines is 1. The first kappa shape index (κ1) is 34.1. The largest absolute Gasteiger partial charge is 0.280 e. The minimum absolute atomic E-state index is 0.212. The molecule has 2 heterocycles. The molecular weight excluding hydrogens is 651 g/mol. The smallest absolute Gasteiger partial charge is 0.267 e. The van der Waals surface area contributed by atoms with Gasteiger partial charge in [0.05, 0.1) is 27.6 Å². The minimum Gasteiger partial charge on any atom is -0.267 e. The molecule has 0 saturated heterocycles. The highest BCUT2D eigenvalue weighted by molar-refractivity contribution is 8.00. The summed E-state index contributed by atoms with van der Waals surface area (Å²) in [6, 6.07) is 34.3. The van der Waals surface area contributed by atoms with E-state index >= 15 is 0 Å². The molecule has 0 radical (unpaired) electrons. The van der Waals surface area contributed by atoms with Gasteiger partial charge in [0.1, 0.15) is 5.69 Å². The van der Waals surface area contributed by atoms with Gasteiger partial charge in [-0.1, -0.05) is 80.1 Å². The SMILES string of the molecule is CCCN(CCC)S(=O)(=O)c1cccc(-c2nn(-c3ccccc3)cc2/C=C2\C(=O)N(c3ccccc3)N=C2CSc2ccc(C)cc2)c1. The zero-order valence-electron chi connectivity index (χ0n) is 27.9. The summed E-state index contributed by atoms with van der Waals surface area (Å²) < 4.78 is 30.8. The van der Waals surface area contributed by atoms with Crippen molar-refractivity contribution in [1.29, 1.82) is 0 Å². The quantitative estimate of drug-likeness (QED) is 0.0918. The first-order chi connectivity index (χ1) is 23.8. The summed E-state index contributed by atoms with van der Waals surface area (Å²) in [6.07, 6.45) is 5.15. The lowest BCUT2D eigenvalue weighted by atomic mass is 10.0. The van der Waals surface area contributed by atoms with Crippen LogP contribution in [0.15, 0.2) is 136 Å². The van der Waals surface area contributed by atoms with E-state index in [2.05, 4.69) is 31.2 Å². The summed E-state index contributed by atoms with van der Waals surface area (Å²) >= 11 is 1.62.